The van der Waals surface area contributed by atoms with E-state index in [1.165, 1.54) is 0 Å². The van der Waals surface area contributed by atoms with Crippen LogP contribution in [0.4, 0.5) is 5.88 Å². The SMILES string of the molecule is CCCc1nc(CC)c(C(N)=O)n1Cc1ccc(-c2ccccc2C(CC)S(=O)(=O)Nc2onc(C)c2C)cc1. The van der Waals surface area contributed by atoms with E-state index >= 15 is 0 Å². The Morgan fingerprint density at radius 1 is 1.07 bits per heavy atom. The number of rotatable bonds is 12. The van der Waals surface area contributed by atoms with Crippen LogP contribution < -0.4 is 10.5 Å². The zero-order valence-corrected chi connectivity index (χ0v) is 24.5. The van der Waals surface area contributed by atoms with Gasteiger partial charge in [-0.1, -0.05) is 74.5 Å². The minimum atomic E-state index is -3.83. The molecule has 10 heteroatoms. The first-order valence-corrected chi connectivity index (χ1v) is 15.2. The van der Waals surface area contributed by atoms with Crippen molar-refractivity contribution < 1.29 is 17.7 Å². The summed E-state index contributed by atoms with van der Waals surface area (Å²) in [7, 11) is -3.83. The van der Waals surface area contributed by atoms with Crippen molar-refractivity contribution in [1.82, 2.24) is 14.7 Å². The largest absolute Gasteiger partial charge is 0.364 e. The molecular formula is C30H37N5O4S. The summed E-state index contributed by atoms with van der Waals surface area (Å²) in [6.07, 6.45) is 2.65. The van der Waals surface area contributed by atoms with Crippen molar-refractivity contribution in [2.24, 2.45) is 5.73 Å². The molecule has 0 saturated heterocycles. The first-order chi connectivity index (χ1) is 19.1. The molecule has 2 aromatic carbocycles. The monoisotopic (exact) mass is 563 g/mol. The number of primary amides is 1. The highest BCUT2D eigenvalue weighted by Gasteiger charge is 2.30. The molecule has 0 aliphatic rings. The van der Waals surface area contributed by atoms with Gasteiger partial charge in [0.25, 0.3) is 5.91 Å². The lowest BCUT2D eigenvalue weighted by atomic mass is 9.96. The van der Waals surface area contributed by atoms with Gasteiger partial charge in [-0.05, 0) is 55.4 Å². The number of hydrogen-bond acceptors (Lipinski definition) is 6. The summed E-state index contributed by atoms with van der Waals surface area (Å²) in [6.45, 7) is 9.89. The van der Waals surface area contributed by atoms with Crippen molar-refractivity contribution in [3.05, 3.63) is 88.1 Å². The van der Waals surface area contributed by atoms with E-state index in [2.05, 4.69) is 21.8 Å². The minimum absolute atomic E-state index is 0.140. The predicted molar refractivity (Wildman–Crippen MR) is 157 cm³/mol. The lowest BCUT2D eigenvalue weighted by molar-refractivity contribution is 0.0990. The molecule has 40 heavy (non-hydrogen) atoms. The third-order valence-electron chi connectivity index (χ3n) is 7.21. The lowest BCUT2D eigenvalue weighted by Crippen LogP contribution is -2.21. The average molecular weight is 564 g/mol. The molecule has 2 heterocycles. The maximum atomic E-state index is 13.5. The number of nitrogens with zero attached hydrogens (tertiary/aromatic N) is 3. The second kappa shape index (κ2) is 12.1. The molecule has 4 aromatic rings. The Morgan fingerprint density at radius 2 is 1.77 bits per heavy atom. The molecule has 4 rings (SSSR count). The molecule has 2 aromatic heterocycles. The first kappa shape index (κ1) is 29.1. The van der Waals surface area contributed by atoms with Gasteiger partial charge in [0.15, 0.2) is 0 Å². The summed E-state index contributed by atoms with van der Waals surface area (Å²) < 4.78 is 36.7. The Labute approximate surface area is 235 Å². The van der Waals surface area contributed by atoms with E-state index < -0.39 is 21.2 Å². The maximum absolute atomic E-state index is 13.5. The smallest absolute Gasteiger partial charge is 0.267 e. The molecular weight excluding hydrogens is 526 g/mol. The number of aryl methyl sites for hydroxylation is 3. The van der Waals surface area contributed by atoms with Crippen molar-refractivity contribution in [3.63, 3.8) is 0 Å². The number of carbonyl (C=O) groups excluding carboxylic acids is 1. The Hall–Kier alpha value is -3.92. The molecule has 1 unspecified atom stereocenters. The van der Waals surface area contributed by atoms with Crippen LogP contribution in [-0.4, -0.2) is 29.0 Å². The molecule has 1 atom stereocenters. The summed E-state index contributed by atoms with van der Waals surface area (Å²) in [5, 5.41) is 3.06. The van der Waals surface area contributed by atoms with Gasteiger partial charge in [0.2, 0.25) is 15.9 Å². The van der Waals surface area contributed by atoms with Gasteiger partial charge in [0.05, 0.1) is 11.4 Å². The third kappa shape index (κ3) is 5.82. The van der Waals surface area contributed by atoms with Crippen LogP contribution in [0.25, 0.3) is 11.1 Å². The van der Waals surface area contributed by atoms with Crippen LogP contribution >= 0.6 is 0 Å². The number of nitrogens with one attached hydrogen (secondary N) is 1. The van der Waals surface area contributed by atoms with E-state index in [-0.39, 0.29) is 5.88 Å². The zero-order chi connectivity index (χ0) is 29.0. The molecule has 0 aliphatic carbocycles. The number of hydrogen-bond donors (Lipinski definition) is 2. The summed E-state index contributed by atoms with van der Waals surface area (Å²) >= 11 is 0. The van der Waals surface area contributed by atoms with E-state index in [0.29, 0.717) is 41.9 Å². The normalized spacial score (nSPS) is 12.4. The van der Waals surface area contributed by atoms with Crippen LogP contribution in [0.15, 0.2) is 53.1 Å². The molecule has 1 amide bonds. The summed E-state index contributed by atoms with van der Waals surface area (Å²) in [5.74, 6) is 0.512. The number of nitrogens with two attached hydrogens (primary N) is 1. The second-order valence-electron chi connectivity index (χ2n) is 9.93. The highest BCUT2D eigenvalue weighted by Crippen LogP contribution is 2.36. The van der Waals surface area contributed by atoms with Gasteiger partial charge in [-0.3, -0.25) is 9.52 Å². The molecule has 0 radical (unpaired) electrons. The summed E-state index contributed by atoms with van der Waals surface area (Å²) in [6, 6.07) is 15.5. The van der Waals surface area contributed by atoms with Crippen molar-refractivity contribution >= 4 is 21.8 Å². The fourth-order valence-electron chi connectivity index (χ4n) is 4.99. The average Bonchev–Trinajstić information content (AvgIpc) is 3.44. The fraction of sp³-hybridized carbons (Fsp3) is 0.367. The Balaban J connectivity index is 1.66. The van der Waals surface area contributed by atoms with E-state index in [4.69, 9.17) is 10.3 Å². The quantitative estimate of drug-likeness (QED) is 0.227. The molecule has 212 valence electrons. The van der Waals surface area contributed by atoms with Crippen molar-refractivity contribution in [3.8, 4) is 11.1 Å². The molecule has 0 fully saturated rings. The first-order valence-electron chi connectivity index (χ1n) is 13.6. The zero-order valence-electron chi connectivity index (χ0n) is 23.7. The van der Waals surface area contributed by atoms with Gasteiger partial charge in [0.1, 0.15) is 16.8 Å². The van der Waals surface area contributed by atoms with Crippen LogP contribution in [0.2, 0.25) is 0 Å². The van der Waals surface area contributed by atoms with E-state index in [1.54, 1.807) is 13.8 Å². The number of aromatic nitrogens is 3. The number of sulfonamides is 1. The van der Waals surface area contributed by atoms with Crippen LogP contribution in [0.5, 0.6) is 0 Å². The number of benzene rings is 2. The number of imidazole rings is 1. The summed E-state index contributed by atoms with van der Waals surface area (Å²) in [5.41, 5.74) is 11.6. The number of anilines is 1. The molecule has 3 N–H and O–H groups in total. The molecule has 9 nitrogen and oxygen atoms in total. The number of carbonyl (C=O) groups is 1. The standard InChI is InChI=1S/C30H37N5O4S/c1-6-11-27-32-25(7-2)28(29(31)36)35(27)18-21-14-16-22(17-15-21)23-12-9-10-13-24(23)26(8-3)40(37,38)34-30-19(4)20(5)33-39-30/h9-10,12-17,26,34H,6-8,11,18H2,1-5H3,(H2,31,36). The van der Waals surface area contributed by atoms with Crippen LogP contribution in [0.3, 0.4) is 0 Å². The molecule has 0 aliphatic heterocycles. The third-order valence-corrected chi connectivity index (χ3v) is 9.02. The topological polar surface area (TPSA) is 133 Å². The Morgan fingerprint density at radius 3 is 2.35 bits per heavy atom. The maximum Gasteiger partial charge on any atom is 0.267 e. The van der Waals surface area contributed by atoms with Gasteiger partial charge in [-0.15, -0.1) is 0 Å². The fourth-order valence-corrected chi connectivity index (χ4v) is 6.56. The van der Waals surface area contributed by atoms with Gasteiger partial charge in [-0.25, -0.2) is 13.4 Å². The summed E-state index contributed by atoms with van der Waals surface area (Å²) in [4.78, 5) is 17.0. The highest BCUT2D eigenvalue weighted by molar-refractivity contribution is 7.92. The molecule has 0 spiro atoms. The second-order valence-corrected chi connectivity index (χ2v) is 11.8. The van der Waals surface area contributed by atoms with Crippen molar-refractivity contribution in [2.75, 3.05) is 4.72 Å². The Kier molecular flexibility index (Phi) is 8.78. The Bertz CT molecular complexity index is 1600. The minimum Gasteiger partial charge on any atom is -0.364 e. The predicted octanol–water partition coefficient (Wildman–Crippen LogP) is 5.71. The number of amides is 1. The van der Waals surface area contributed by atoms with Gasteiger partial charge in [-0.2, -0.15) is 0 Å². The van der Waals surface area contributed by atoms with Gasteiger partial charge < -0.3 is 14.8 Å². The van der Waals surface area contributed by atoms with Crippen LogP contribution in [0, 0.1) is 13.8 Å². The van der Waals surface area contributed by atoms with E-state index in [0.717, 1.165) is 41.1 Å². The lowest BCUT2D eigenvalue weighted by Gasteiger charge is -2.20. The molecule has 0 bridgehead atoms. The molecule has 0 saturated carbocycles. The van der Waals surface area contributed by atoms with E-state index in [1.807, 2.05) is 66.9 Å². The van der Waals surface area contributed by atoms with Gasteiger partial charge >= 0.3 is 0 Å². The van der Waals surface area contributed by atoms with Crippen LogP contribution in [-0.2, 0) is 29.4 Å². The highest BCUT2D eigenvalue weighted by atomic mass is 32.2. The van der Waals surface area contributed by atoms with Crippen molar-refractivity contribution in [2.45, 2.75) is 72.1 Å². The van der Waals surface area contributed by atoms with Crippen molar-refractivity contribution in [1.29, 1.82) is 0 Å². The van der Waals surface area contributed by atoms with E-state index in [9.17, 15) is 13.2 Å². The van der Waals surface area contributed by atoms with Crippen LogP contribution in [0.1, 0.15) is 83.3 Å². The van der Waals surface area contributed by atoms with Gasteiger partial charge in [0, 0.05) is 18.5 Å².